The zero-order valence-corrected chi connectivity index (χ0v) is 30.5. The number of carbonyl (C=O) groups excluding carboxylic acids is 2. The number of rotatable bonds is 32. The van der Waals surface area contributed by atoms with Crippen molar-refractivity contribution in [1.29, 1.82) is 0 Å². The van der Waals surface area contributed by atoms with Gasteiger partial charge >= 0.3 is 11.9 Å². The monoisotopic (exact) mass is 665 g/mol. The summed E-state index contributed by atoms with van der Waals surface area (Å²) in [6, 6.07) is 0. The summed E-state index contributed by atoms with van der Waals surface area (Å²) in [4.78, 5) is 24.2. The van der Waals surface area contributed by atoms with Crippen molar-refractivity contribution >= 4 is 11.9 Å². The van der Waals surface area contributed by atoms with Crippen LogP contribution < -0.4 is 0 Å². The number of aliphatic hydroxyl groups excluding tert-OH is 1. The highest BCUT2D eigenvalue weighted by atomic mass is 16.6. The van der Waals surface area contributed by atoms with Gasteiger partial charge in [0.1, 0.15) is 6.61 Å². The van der Waals surface area contributed by atoms with Crippen LogP contribution in [-0.4, -0.2) is 36.4 Å². The SMILES string of the molecule is CC/C=C\C/C=C\C/C=C\C/C=C\C/C=C\CCCC(=O)OC[C@H](CO)OC(=O)CCC/C=C\C/C=C\C/C=C\CCCCCCCC. The van der Waals surface area contributed by atoms with Gasteiger partial charge in [-0.15, -0.1) is 0 Å². The van der Waals surface area contributed by atoms with Crippen molar-refractivity contribution in [1.82, 2.24) is 0 Å². The number of hydrogen-bond acceptors (Lipinski definition) is 5. The maximum absolute atomic E-state index is 12.1. The molecule has 48 heavy (non-hydrogen) atoms. The Morgan fingerprint density at radius 3 is 1.35 bits per heavy atom. The van der Waals surface area contributed by atoms with Gasteiger partial charge in [-0.1, -0.05) is 143 Å². The van der Waals surface area contributed by atoms with Crippen LogP contribution in [-0.2, 0) is 19.1 Å². The molecule has 0 amide bonds. The summed E-state index contributed by atoms with van der Waals surface area (Å²) in [6.07, 6.45) is 53.3. The average molecular weight is 665 g/mol. The molecule has 0 fully saturated rings. The topological polar surface area (TPSA) is 72.8 Å². The predicted octanol–water partition coefficient (Wildman–Crippen LogP) is 11.7. The van der Waals surface area contributed by atoms with E-state index in [0.717, 1.165) is 57.8 Å². The van der Waals surface area contributed by atoms with Gasteiger partial charge in [-0.2, -0.15) is 0 Å². The van der Waals surface area contributed by atoms with Crippen LogP contribution in [0.5, 0.6) is 0 Å². The molecule has 0 unspecified atom stereocenters. The molecule has 0 aromatic carbocycles. The van der Waals surface area contributed by atoms with Crippen LogP contribution in [0.25, 0.3) is 0 Å². The second-order valence-corrected chi connectivity index (χ2v) is 11.9. The lowest BCUT2D eigenvalue weighted by Gasteiger charge is -2.15. The Kier molecular flexibility index (Phi) is 35.7. The van der Waals surface area contributed by atoms with E-state index in [4.69, 9.17) is 9.47 Å². The summed E-state index contributed by atoms with van der Waals surface area (Å²) < 4.78 is 10.5. The normalized spacial score (nSPS) is 13.3. The number of carbonyl (C=O) groups is 2. The molecule has 5 nitrogen and oxygen atoms in total. The number of aliphatic hydroxyl groups is 1. The highest BCUT2D eigenvalue weighted by molar-refractivity contribution is 5.70. The van der Waals surface area contributed by atoms with Gasteiger partial charge in [-0.05, 0) is 83.5 Å². The van der Waals surface area contributed by atoms with E-state index in [-0.39, 0.29) is 38.0 Å². The van der Waals surface area contributed by atoms with Crippen molar-refractivity contribution in [2.45, 2.75) is 148 Å². The first-order chi connectivity index (χ1) is 23.6. The maximum Gasteiger partial charge on any atom is 0.306 e. The second-order valence-electron chi connectivity index (χ2n) is 11.9. The van der Waals surface area contributed by atoms with E-state index in [1.165, 1.54) is 44.9 Å². The van der Waals surface area contributed by atoms with Crippen molar-refractivity contribution in [3.8, 4) is 0 Å². The van der Waals surface area contributed by atoms with Gasteiger partial charge in [0.25, 0.3) is 0 Å². The molecule has 0 bridgehead atoms. The van der Waals surface area contributed by atoms with Crippen LogP contribution >= 0.6 is 0 Å². The van der Waals surface area contributed by atoms with Crippen LogP contribution in [0.15, 0.2) is 97.2 Å². The van der Waals surface area contributed by atoms with Crippen LogP contribution in [0.2, 0.25) is 0 Å². The molecule has 0 saturated heterocycles. The third kappa shape index (κ3) is 35.7. The first-order valence-corrected chi connectivity index (χ1v) is 18.8. The third-order valence-electron chi connectivity index (χ3n) is 7.36. The fourth-order valence-electron chi connectivity index (χ4n) is 4.54. The smallest absolute Gasteiger partial charge is 0.306 e. The molecule has 0 saturated carbocycles. The zero-order chi connectivity index (χ0) is 35.0. The molecule has 0 radical (unpaired) electrons. The van der Waals surface area contributed by atoms with Crippen LogP contribution in [0, 0.1) is 0 Å². The number of hydrogen-bond donors (Lipinski definition) is 1. The molecule has 0 heterocycles. The third-order valence-corrected chi connectivity index (χ3v) is 7.36. The summed E-state index contributed by atoms with van der Waals surface area (Å²) >= 11 is 0. The van der Waals surface area contributed by atoms with Crippen LogP contribution in [0.4, 0.5) is 0 Å². The Labute approximate surface area is 294 Å². The van der Waals surface area contributed by atoms with Gasteiger partial charge < -0.3 is 14.6 Å². The lowest BCUT2D eigenvalue weighted by atomic mass is 10.1. The van der Waals surface area contributed by atoms with E-state index >= 15 is 0 Å². The summed E-state index contributed by atoms with van der Waals surface area (Å²) in [7, 11) is 0. The largest absolute Gasteiger partial charge is 0.462 e. The average Bonchev–Trinajstić information content (AvgIpc) is 3.09. The molecule has 0 aliphatic rings. The predicted molar refractivity (Wildman–Crippen MR) is 205 cm³/mol. The molecule has 1 N–H and O–H groups in total. The highest BCUT2D eigenvalue weighted by Crippen LogP contribution is 2.08. The molecule has 0 aliphatic heterocycles. The summed E-state index contributed by atoms with van der Waals surface area (Å²) in [5.41, 5.74) is 0. The summed E-state index contributed by atoms with van der Waals surface area (Å²) in [5.74, 6) is -0.732. The lowest BCUT2D eigenvalue weighted by Crippen LogP contribution is -2.28. The minimum atomic E-state index is -0.826. The quantitative estimate of drug-likeness (QED) is 0.0440. The summed E-state index contributed by atoms with van der Waals surface area (Å²) in [5, 5.41) is 9.53. The fourth-order valence-corrected chi connectivity index (χ4v) is 4.54. The van der Waals surface area contributed by atoms with Gasteiger partial charge in [-0.25, -0.2) is 0 Å². The molecule has 5 heteroatoms. The first-order valence-electron chi connectivity index (χ1n) is 18.8. The van der Waals surface area contributed by atoms with E-state index in [1.807, 2.05) is 0 Å². The fraction of sp³-hybridized carbons (Fsp3) is 0.581. The minimum absolute atomic E-state index is 0.122. The second kappa shape index (κ2) is 38.3. The van der Waals surface area contributed by atoms with E-state index < -0.39 is 6.10 Å². The van der Waals surface area contributed by atoms with Crippen molar-refractivity contribution in [3.05, 3.63) is 97.2 Å². The molecule has 0 aliphatic carbocycles. The Balaban J connectivity index is 3.79. The number of unbranched alkanes of at least 4 members (excludes halogenated alkanes) is 8. The van der Waals surface area contributed by atoms with Crippen molar-refractivity contribution < 1.29 is 24.2 Å². The molecular weight excluding hydrogens is 596 g/mol. The van der Waals surface area contributed by atoms with E-state index in [1.54, 1.807) is 0 Å². The van der Waals surface area contributed by atoms with Crippen LogP contribution in [0.3, 0.4) is 0 Å². The van der Waals surface area contributed by atoms with Gasteiger partial charge in [0, 0.05) is 12.8 Å². The standard InChI is InChI=1S/C43H68O5/c1-3-5-7-9-11-13-15-17-19-21-23-25-27-29-31-33-35-37-42(45)47-40-41(39-44)48-43(46)38-36-34-32-30-28-26-24-22-20-18-16-14-12-10-8-6-4-2/h5,7,11,13,17-20,23-26,29-32,41,44H,3-4,6,8-10,12,14-16,21-22,27-28,33-40H2,1-2H3/b7-5-,13-11-,19-17-,20-18-,25-23-,26-24-,31-29-,32-30-/t41-/m0/s1. The van der Waals surface area contributed by atoms with Gasteiger partial charge in [-0.3, -0.25) is 9.59 Å². The minimum Gasteiger partial charge on any atom is -0.462 e. The molecule has 1 atom stereocenters. The van der Waals surface area contributed by atoms with Crippen molar-refractivity contribution in [3.63, 3.8) is 0 Å². The molecule has 0 aromatic heterocycles. The van der Waals surface area contributed by atoms with Crippen molar-refractivity contribution in [2.24, 2.45) is 0 Å². The Bertz CT molecular complexity index is 979. The van der Waals surface area contributed by atoms with Crippen LogP contribution in [0.1, 0.15) is 142 Å². The molecule has 0 aromatic rings. The molecular formula is C43H68O5. The molecule has 270 valence electrons. The molecule has 0 rings (SSSR count). The Hall–Kier alpha value is -3.18. The summed E-state index contributed by atoms with van der Waals surface area (Å²) in [6.45, 7) is 3.90. The Morgan fingerprint density at radius 1 is 0.500 bits per heavy atom. The van der Waals surface area contributed by atoms with E-state index in [2.05, 4.69) is 111 Å². The van der Waals surface area contributed by atoms with Gasteiger partial charge in [0.05, 0.1) is 6.61 Å². The Morgan fingerprint density at radius 2 is 0.896 bits per heavy atom. The number of allylic oxidation sites excluding steroid dienone is 16. The van der Waals surface area contributed by atoms with E-state index in [9.17, 15) is 14.7 Å². The number of ether oxygens (including phenoxy) is 2. The van der Waals surface area contributed by atoms with Gasteiger partial charge in [0.2, 0.25) is 0 Å². The van der Waals surface area contributed by atoms with Crippen molar-refractivity contribution in [2.75, 3.05) is 13.2 Å². The first kappa shape index (κ1) is 44.8. The lowest BCUT2D eigenvalue weighted by molar-refractivity contribution is -0.161. The molecule has 0 spiro atoms. The maximum atomic E-state index is 12.1. The van der Waals surface area contributed by atoms with E-state index in [0.29, 0.717) is 12.8 Å². The zero-order valence-electron chi connectivity index (χ0n) is 30.5. The van der Waals surface area contributed by atoms with Gasteiger partial charge in [0.15, 0.2) is 6.10 Å². The highest BCUT2D eigenvalue weighted by Gasteiger charge is 2.15. The number of esters is 2.